The van der Waals surface area contributed by atoms with Crippen molar-refractivity contribution < 1.29 is 14.8 Å². The highest BCUT2D eigenvalue weighted by Gasteiger charge is 2.22. The molecule has 0 aliphatic heterocycles. The number of aliphatic hydroxyl groups is 1. The summed E-state index contributed by atoms with van der Waals surface area (Å²) in [6.45, 7) is 1.58. The number of aryl methyl sites for hydroxylation is 1. The fourth-order valence-electron chi connectivity index (χ4n) is 1.95. The molecule has 0 aliphatic rings. The van der Waals surface area contributed by atoms with Gasteiger partial charge in [0.25, 0.3) is 11.6 Å². The molecule has 110 valence electrons. The molecule has 0 spiro atoms. The van der Waals surface area contributed by atoms with Gasteiger partial charge in [-0.3, -0.25) is 14.9 Å². The molecule has 2 N–H and O–H groups in total. The molecule has 1 unspecified atom stereocenters. The average molecular weight is 306 g/mol. The number of hydrogen-bond donors (Lipinski definition) is 2. The van der Waals surface area contributed by atoms with Crippen LogP contribution in [0.4, 0.5) is 5.69 Å². The topological polar surface area (TPSA) is 92.5 Å². The maximum Gasteiger partial charge on any atom is 0.285 e. The first kappa shape index (κ1) is 15.1. The van der Waals surface area contributed by atoms with Crippen LogP contribution in [0.5, 0.6) is 0 Å². The van der Waals surface area contributed by atoms with Gasteiger partial charge in [-0.15, -0.1) is 0 Å². The van der Waals surface area contributed by atoms with E-state index in [0.29, 0.717) is 11.1 Å². The number of rotatable bonds is 5. The predicted octanol–water partition coefficient (Wildman–Crippen LogP) is 2.43. The summed E-state index contributed by atoms with van der Waals surface area (Å²) in [4.78, 5) is 22.6. The highest BCUT2D eigenvalue weighted by molar-refractivity contribution is 7.07. The predicted molar refractivity (Wildman–Crippen MR) is 79.4 cm³/mol. The molecule has 0 saturated carbocycles. The third kappa shape index (κ3) is 3.45. The van der Waals surface area contributed by atoms with Crippen LogP contribution in [0.2, 0.25) is 0 Å². The van der Waals surface area contributed by atoms with E-state index in [1.165, 1.54) is 17.4 Å². The Bertz CT molecular complexity index is 655. The van der Waals surface area contributed by atoms with Gasteiger partial charge in [0, 0.05) is 12.1 Å². The van der Waals surface area contributed by atoms with Crippen molar-refractivity contribution in [2.24, 2.45) is 0 Å². The van der Waals surface area contributed by atoms with Crippen LogP contribution in [0, 0.1) is 17.0 Å². The van der Waals surface area contributed by atoms with Gasteiger partial charge in [0.15, 0.2) is 0 Å². The number of hydrogen-bond acceptors (Lipinski definition) is 5. The number of nitrogens with one attached hydrogen (secondary N) is 1. The molecule has 1 atom stereocenters. The molecule has 2 rings (SSSR count). The number of nitro groups is 1. The molecule has 0 saturated heterocycles. The second kappa shape index (κ2) is 6.47. The van der Waals surface area contributed by atoms with Gasteiger partial charge in [-0.25, -0.2) is 0 Å². The lowest BCUT2D eigenvalue weighted by molar-refractivity contribution is -0.385. The second-order valence-electron chi connectivity index (χ2n) is 4.51. The van der Waals surface area contributed by atoms with Crippen LogP contribution >= 0.6 is 11.3 Å². The molecule has 0 aliphatic carbocycles. The van der Waals surface area contributed by atoms with Crippen LogP contribution in [0.25, 0.3) is 0 Å². The van der Waals surface area contributed by atoms with Gasteiger partial charge in [-0.1, -0.05) is 12.1 Å². The van der Waals surface area contributed by atoms with E-state index in [1.807, 2.05) is 5.38 Å². The Balaban J connectivity index is 2.11. The zero-order chi connectivity index (χ0) is 15.4. The maximum absolute atomic E-state index is 12.1. The number of nitrogens with zero attached hydrogens (tertiary/aromatic N) is 1. The van der Waals surface area contributed by atoms with Gasteiger partial charge >= 0.3 is 0 Å². The maximum atomic E-state index is 12.1. The lowest BCUT2D eigenvalue weighted by Gasteiger charge is -2.11. The normalized spacial score (nSPS) is 11.9. The molecule has 1 amide bonds. The van der Waals surface area contributed by atoms with E-state index >= 15 is 0 Å². The van der Waals surface area contributed by atoms with Crippen molar-refractivity contribution >= 4 is 22.9 Å². The summed E-state index contributed by atoms with van der Waals surface area (Å²) in [5, 5.41) is 27.1. The van der Waals surface area contributed by atoms with Crippen molar-refractivity contribution in [1.82, 2.24) is 5.32 Å². The monoisotopic (exact) mass is 306 g/mol. The Morgan fingerprint density at radius 3 is 2.86 bits per heavy atom. The molecular weight excluding hydrogens is 292 g/mol. The first-order valence-electron chi connectivity index (χ1n) is 6.23. The minimum absolute atomic E-state index is 0.000658. The Morgan fingerprint density at radius 2 is 2.24 bits per heavy atom. The Labute approximate surface area is 125 Å². The van der Waals surface area contributed by atoms with Crippen molar-refractivity contribution in [1.29, 1.82) is 0 Å². The summed E-state index contributed by atoms with van der Waals surface area (Å²) in [5.74, 6) is -0.570. The molecule has 21 heavy (non-hydrogen) atoms. The zero-order valence-electron chi connectivity index (χ0n) is 11.3. The molecule has 0 radical (unpaired) electrons. The summed E-state index contributed by atoms with van der Waals surface area (Å²) >= 11 is 1.44. The molecule has 0 bridgehead atoms. The van der Waals surface area contributed by atoms with Crippen molar-refractivity contribution in [2.45, 2.75) is 13.0 Å². The van der Waals surface area contributed by atoms with Crippen LogP contribution in [0.1, 0.15) is 27.6 Å². The molecule has 1 aromatic heterocycles. The average Bonchev–Trinajstić information content (AvgIpc) is 2.97. The molecule has 0 fully saturated rings. The number of carbonyl (C=O) groups excluding carboxylic acids is 1. The van der Waals surface area contributed by atoms with E-state index in [-0.39, 0.29) is 17.8 Å². The zero-order valence-corrected chi connectivity index (χ0v) is 12.1. The Hall–Kier alpha value is -2.25. The van der Waals surface area contributed by atoms with Gasteiger partial charge in [0.2, 0.25) is 0 Å². The van der Waals surface area contributed by atoms with Crippen LogP contribution < -0.4 is 5.32 Å². The van der Waals surface area contributed by atoms with Crippen molar-refractivity contribution in [3.05, 3.63) is 61.8 Å². The quantitative estimate of drug-likeness (QED) is 0.655. The SMILES string of the molecule is Cc1cccc(C(=O)NCC(O)c2ccsc2)c1[N+](=O)[O-]. The van der Waals surface area contributed by atoms with E-state index in [0.717, 1.165) is 0 Å². The minimum atomic E-state index is -0.830. The number of aliphatic hydroxyl groups excluding tert-OH is 1. The molecular formula is C14H14N2O4S. The fourth-order valence-corrected chi connectivity index (χ4v) is 2.66. The van der Waals surface area contributed by atoms with Gasteiger partial charge < -0.3 is 10.4 Å². The highest BCUT2D eigenvalue weighted by Crippen LogP contribution is 2.23. The van der Waals surface area contributed by atoms with E-state index in [9.17, 15) is 20.0 Å². The number of carbonyl (C=O) groups is 1. The van der Waals surface area contributed by atoms with Crippen molar-refractivity contribution in [2.75, 3.05) is 6.54 Å². The highest BCUT2D eigenvalue weighted by atomic mass is 32.1. The van der Waals surface area contributed by atoms with E-state index in [2.05, 4.69) is 5.32 Å². The number of benzene rings is 1. The van der Waals surface area contributed by atoms with Gasteiger partial charge in [-0.05, 0) is 35.4 Å². The molecule has 1 aromatic carbocycles. The fraction of sp³-hybridized carbons (Fsp3) is 0.214. The first-order chi connectivity index (χ1) is 10.0. The smallest absolute Gasteiger partial charge is 0.285 e. The number of nitro benzene ring substituents is 1. The Morgan fingerprint density at radius 1 is 1.48 bits per heavy atom. The van der Waals surface area contributed by atoms with Gasteiger partial charge in [0.05, 0.1) is 11.0 Å². The Kier molecular flexibility index (Phi) is 4.66. The van der Waals surface area contributed by atoms with Crippen LogP contribution in [0.15, 0.2) is 35.0 Å². The summed E-state index contributed by atoms with van der Waals surface area (Å²) in [6, 6.07) is 6.33. The molecule has 2 aromatic rings. The number of para-hydroxylation sites is 1. The standard InChI is InChI=1S/C14H14N2O4S/c1-9-3-2-4-11(13(9)16(19)20)14(18)15-7-12(17)10-5-6-21-8-10/h2-6,8,12,17H,7H2,1H3,(H,15,18). The van der Waals surface area contributed by atoms with E-state index in [1.54, 1.807) is 30.5 Å². The van der Waals surface area contributed by atoms with Crippen molar-refractivity contribution in [3.63, 3.8) is 0 Å². The molecule has 6 nitrogen and oxygen atoms in total. The molecule has 7 heteroatoms. The number of thiophene rings is 1. The largest absolute Gasteiger partial charge is 0.387 e. The van der Waals surface area contributed by atoms with Gasteiger partial charge in [0.1, 0.15) is 5.56 Å². The third-order valence-corrected chi connectivity index (χ3v) is 3.75. The van der Waals surface area contributed by atoms with Crippen LogP contribution in [0.3, 0.4) is 0 Å². The third-order valence-electron chi connectivity index (χ3n) is 3.05. The van der Waals surface area contributed by atoms with Crippen LogP contribution in [-0.2, 0) is 0 Å². The lowest BCUT2D eigenvalue weighted by Crippen LogP contribution is -2.28. The van der Waals surface area contributed by atoms with Crippen molar-refractivity contribution in [3.8, 4) is 0 Å². The first-order valence-corrected chi connectivity index (χ1v) is 7.17. The summed E-state index contributed by atoms with van der Waals surface area (Å²) in [7, 11) is 0. The van der Waals surface area contributed by atoms with E-state index < -0.39 is 16.9 Å². The second-order valence-corrected chi connectivity index (χ2v) is 5.29. The van der Waals surface area contributed by atoms with E-state index in [4.69, 9.17) is 0 Å². The molecule has 1 heterocycles. The van der Waals surface area contributed by atoms with Crippen LogP contribution in [-0.4, -0.2) is 22.5 Å². The lowest BCUT2D eigenvalue weighted by atomic mass is 10.1. The summed E-state index contributed by atoms with van der Waals surface area (Å²) < 4.78 is 0. The summed E-state index contributed by atoms with van der Waals surface area (Å²) in [5.41, 5.74) is 0.919. The van der Waals surface area contributed by atoms with Gasteiger partial charge in [-0.2, -0.15) is 11.3 Å². The number of amides is 1. The summed E-state index contributed by atoms with van der Waals surface area (Å²) in [6.07, 6.45) is -0.830. The minimum Gasteiger partial charge on any atom is -0.387 e.